The van der Waals surface area contributed by atoms with E-state index in [1.54, 1.807) is 0 Å². The minimum absolute atomic E-state index is 0.0241. The van der Waals surface area contributed by atoms with Gasteiger partial charge in [-0.2, -0.15) is 0 Å². The Morgan fingerprint density at radius 1 is 0.893 bits per heavy atom. The third kappa shape index (κ3) is 4.91. The first kappa shape index (κ1) is 20.6. The molecular formula is C19H16FNO7. The van der Waals surface area contributed by atoms with Crippen LogP contribution >= 0.6 is 0 Å². The van der Waals surface area contributed by atoms with Gasteiger partial charge < -0.3 is 19.5 Å². The van der Waals surface area contributed by atoms with Gasteiger partial charge in [0, 0.05) is 0 Å². The minimum Gasteiger partial charge on any atom is -0.465 e. The van der Waals surface area contributed by atoms with Crippen molar-refractivity contribution in [1.29, 1.82) is 0 Å². The Hall–Kier alpha value is -3.75. The lowest BCUT2D eigenvalue weighted by atomic mass is 10.1. The van der Waals surface area contributed by atoms with Crippen molar-refractivity contribution in [2.24, 2.45) is 0 Å². The zero-order chi connectivity index (χ0) is 20.7. The normalized spacial score (nSPS) is 9.96. The second kappa shape index (κ2) is 9.26. The molecule has 0 atom stereocenters. The highest BCUT2D eigenvalue weighted by Gasteiger charge is 2.19. The number of rotatable bonds is 6. The highest BCUT2D eigenvalue weighted by Crippen LogP contribution is 2.20. The zero-order valence-corrected chi connectivity index (χ0v) is 15.0. The van der Waals surface area contributed by atoms with Crippen LogP contribution in [0.2, 0.25) is 0 Å². The molecule has 0 bridgehead atoms. The highest BCUT2D eigenvalue weighted by atomic mass is 19.1. The molecule has 0 aliphatic carbocycles. The number of esters is 3. The van der Waals surface area contributed by atoms with E-state index >= 15 is 0 Å². The van der Waals surface area contributed by atoms with Gasteiger partial charge >= 0.3 is 17.9 Å². The van der Waals surface area contributed by atoms with Crippen LogP contribution in [0.15, 0.2) is 42.5 Å². The molecular weight excluding hydrogens is 373 g/mol. The smallest absolute Gasteiger partial charge is 0.341 e. The third-order valence-corrected chi connectivity index (χ3v) is 3.55. The molecule has 2 rings (SSSR count). The van der Waals surface area contributed by atoms with Crippen molar-refractivity contribution in [3.05, 3.63) is 65.0 Å². The molecule has 0 heterocycles. The van der Waals surface area contributed by atoms with Gasteiger partial charge in [0.1, 0.15) is 5.82 Å². The highest BCUT2D eigenvalue weighted by molar-refractivity contribution is 6.04. The van der Waals surface area contributed by atoms with E-state index in [9.17, 15) is 23.6 Å². The molecule has 0 saturated heterocycles. The Bertz CT molecular complexity index is 926. The Balaban J connectivity index is 2.13. The van der Waals surface area contributed by atoms with Crippen LogP contribution in [0.25, 0.3) is 0 Å². The molecule has 2 aromatic carbocycles. The molecule has 28 heavy (non-hydrogen) atoms. The maximum absolute atomic E-state index is 13.5. The average molecular weight is 389 g/mol. The fraction of sp³-hybridized carbons (Fsp3) is 0.158. The molecule has 1 N–H and O–H groups in total. The maximum Gasteiger partial charge on any atom is 0.341 e. The monoisotopic (exact) mass is 389 g/mol. The van der Waals surface area contributed by atoms with E-state index in [0.29, 0.717) is 0 Å². The van der Waals surface area contributed by atoms with Crippen molar-refractivity contribution < 1.29 is 37.8 Å². The molecule has 0 aliphatic rings. The van der Waals surface area contributed by atoms with Gasteiger partial charge in [-0.25, -0.2) is 18.8 Å². The maximum atomic E-state index is 13.5. The quantitative estimate of drug-likeness (QED) is 0.596. The fourth-order valence-corrected chi connectivity index (χ4v) is 2.20. The van der Waals surface area contributed by atoms with E-state index in [1.807, 2.05) is 0 Å². The largest absolute Gasteiger partial charge is 0.465 e. The summed E-state index contributed by atoms with van der Waals surface area (Å²) in [5, 5.41) is 2.35. The SMILES string of the molecule is COC(=O)c1ccc(C(=O)OC)c(NC(=O)COC(=O)c2ccccc2F)c1. The van der Waals surface area contributed by atoms with Crippen LogP contribution < -0.4 is 5.32 Å². The summed E-state index contributed by atoms with van der Waals surface area (Å²) in [6.45, 7) is -0.740. The van der Waals surface area contributed by atoms with E-state index < -0.39 is 36.2 Å². The Morgan fingerprint density at radius 3 is 2.21 bits per heavy atom. The lowest BCUT2D eigenvalue weighted by molar-refractivity contribution is -0.119. The van der Waals surface area contributed by atoms with Crippen molar-refractivity contribution in [2.75, 3.05) is 26.1 Å². The summed E-state index contributed by atoms with van der Waals surface area (Å²) in [5.74, 6) is -4.05. The summed E-state index contributed by atoms with van der Waals surface area (Å²) >= 11 is 0. The predicted molar refractivity (Wildman–Crippen MR) is 94.4 cm³/mol. The van der Waals surface area contributed by atoms with Crippen molar-refractivity contribution in [3.8, 4) is 0 Å². The molecule has 0 spiro atoms. The molecule has 2 aromatic rings. The first-order valence-corrected chi connectivity index (χ1v) is 7.89. The molecule has 0 aliphatic heterocycles. The van der Waals surface area contributed by atoms with Crippen LogP contribution in [-0.4, -0.2) is 44.6 Å². The summed E-state index contributed by atoms with van der Waals surface area (Å²) in [6, 6.07) is 8.96. The molecule has 9 heteroatoms. The van der Waals surface area contributed by atoms with E-state index in [1.165, 1.54) is 43.5 Å². The van der Waals surface area contributed by atoms with Gasteiger partial charge in [0.05, 0.1) is 36.6 Å². The summed E-state index contributed by atoms with van der Waals surface area (Å²) in [4.78, 5) is 47.4. The fourth-order valence-electron chi connectivity index (χ4n) is 2.20. The number of carbonyl (C=O) groups is 4. The number of amides is 1. The van der Waals surface area contributed by atoms with Gasteiger partial charge in [0.15, 0.2) is 6.61 Å². The second-order valence-electron chi connectivity index (χ2n) is 5.35. The van der Waals surface area contributed by atoms with Crippen LogP contribution in [0, 0.1) is 5.82 Å². The van der Waals surface area contributed by atoms with Crippen LogP contribution in [-0.2, 0) is 19.0 Å². The lowest BCUT2D eigenvalue weighted by Gasteiger charge is -2.12. The van der Waals surface area contributed by atoms with Crippen LogP contribution in [0.1, 0.15) is 31.1 Å². The minimum atomic E-state index is -1.02. The average Bonchev–Trinajstić information content (AvgIpc) is 2.71. The third-order valence-electron chi connectivity index (χ3n) is 3.55. The summed E-state index contributed by atoms with van der Waals surface area (Å²) in [7, 11) is 2.33. The number of benzene rings is 2. The van der Waals surface area contributed by atoms with Gasteiger partial charge in [-0.15, -0.1) is 0 Å². The number of hydrogen-bond donors (Lipinski definition) is 1. The molecule has 146 valence electrons. The van der Waals surface area contributed by atoms with Gasteiger partial charge in [0.25, 0.3) is 5.91 Å². The van der Waals surface area contributed by atoms with Crippen LogP contribution in [0.3, 0.4) is 0 Å². The first-order valence-electron chi connectivity index (χ1n) is 7.89. The molecule has 0 aromatic heterocycles. The molecule has 0 saturated carbocycles. The number of hydrogen-bond acceptors (Lipinski definition) is 7. The summed E-state index contributed by atoms with van der Waals surface area (Å²) in [6.07, 6.45) is 0. The van der Waals surface area contributed by atoms with Gasteiger partial charge in [-0.05, 0) is 30.3 Å². The van der Waals surface area contributed by atoms with E-state index in [0.717, 1.165) is 13.2 Å². The zero-order valence-electron chi connectivity index (χ0n) is 15.0. The van der Waals surface area contributed by atoms with Gasteiger partial charge in [-0.3, -0.25) is 4.79 Å². The topological polar surface area (TPSA) is 108 Å². The summed E-state index contributed by atoms with van der Waals surface area (Å²) in [5.41, 5.74) is -0.308. The molecule has 0 fully saturated rings. The molecule has 8 nitrogen and oxygen atoms in total. The van der Waals surface area contributed by atoms with Gasteiger partial charge in [0.2, 0.25) is 0 Å². The molecule has 0 unspecified atom stereocenters. The molecule has 1 amide bonds. The Labute approximate surface area is 159 Å². The van der Waals surface area contributed by atoms with Crippen molar-refractivity contribution in [1.82, 2.24) is 0 Å². The van der Waals surface area contributed by atoms with Crippen molar-refractivity contribution >= 4 is 29.5 Å². The predicted octanol–water partition coefficient (Wildman–Crippen LogP) is 2.19. The second-order valence-corrected chi connectivity index (χ2v) is 5.35. The first-order chi connectivity index (χ1) is 13.4. The van der Waals surface area contributed by atoms with Crippen molar-refractivity contribution in [2.45, 2.75) is 0 Å². The Morgan fingerprint density at radius 2 is 1.57 bits per heavy atom. The van der Waals surface area contributed by atoms with Crippen LogP contribution in [0.4, 0.5) is 10.1 Å². The number of halogens is 1. The number of ether oxygens (including phenoxy) is 3. The van der Waals surface area contributed by atoms with Gasteiger partial charge in [-0.1, -0.05) is 12.1 Å². The van der Waals surface area contributed by atoms with E-state index in [4.69, 9.17) is 4.74 Å². The number of methoxy groups -OCH3 is 2. The summed E-state index contributed by atoms with van der Waals surface area (Å²) < 4.78 is 27.5. The Kier molecular flexibility index (Phi) is 6.80. The standard InChI is InChI=1S/C19H16FNO7/c1-26-17(23)11-7-8-13(18(24)27-2)15(9-11)21-16(22)10-28-19(25)12-5-3-4-6-14(12)20/h3-9H,10H2,1-2H3,(H,21,22). The van der Waals surface area contributed by atoms with Crippen LogP contribution in [0.5, 0.6) is 0 Å². The van der Waals surface area contributed by atoms with Crippen molar-refractivity contribution in [3.63, 3.8) is 0 Å². The number of nitrogens with one attached hydrogen (secondary N) is 1. The number of anilines is 1. The van der Waals surface area contributed by atoms with E-state index in [2.05, 4.69) is 14.8 Å². The van der Waals surface area contributed by atoms with E-state index in [-0.39, 0.29) is 22.4 Å². The number of carbonyl (C=O) groups excluding carboxylic acids is 4. The lowest BCUT2D eigenvalue weighted by Crippen LogP contribution is -2.23. The molecule has 0 radical (unpaired) electrons.